The topological polar surface area (TPSA) is 95.3 Å². The van der Waals surface area contributed by atoms with Crippen molar-refractivity contribution >= 4 is 64.3 Å². The van der Waals surface area contributed by atoms with Gasteiger partial charge < -0.3 is 20.1 Å². The van der Waals surface area contributed by atoms with Gasteiger partial charge in [0.1, 0.15) is 24.2 Å². The minimum Gasteiger partial charge on any atom is -0.492 e. The highest BCUT2D eigenvalue weighted by Crippen LogP contribution is 2.38. The third kappa shape index (κ3) is 7.18. The molecule has 8 nitrogen and oxygen atoms in total. The van der Waals surface area contributed by atoms with Gasteiger partial charge in [0.15, 0.2) is 0 Å². The first-order chi connectivity index (χ1) is 20.4. The van der Waals surface area contributed by atoms with Crippen LogP contribution in [-0.2, 0) is 6.61 Å². The number of fused-ring (bicyclic) bond motifs is 1. The summed E-state index contributed by atoms with van der Waals surface area (Å²) in [7, 11) is 2.20. The number of pyridine rings is 2. The number of nitriles is 1. The fourth-order valence-corrected chi connectivity index (χ4v) is 7.53. The number of halogens is 2. The molecule has 0 radical (unpaired) electrons. The monoisotopic (exact) mass is 694 g/mol. The molecule has 0 bridgehead atoms. The van der Waals surface area contributed by atoms with E-state index in [0.29, 0.717) is 56.2 Å². The zero-order valence-electron chi connectivity index (χ0n) is 23.5. The minimum atomic E-state index is -0.178. The van der Waals surface area contributed by atoms with Gasteiger partial charge in [0, 0.05) is 35.2 Å². The van der Waals surface area contributed by atoms with Crippen LogP contribution in [0.4, 0.5) is 17.1 Å². The number of nitrogens with zero attached hydrogens (tertiary/aromatic N) is 4. The van der Waals surface area contributed by atoms with Crippen LogP contribution in [0.1, 0.15) is 31.0 Å². The average Bonchev–Trinajstić information content (AvgIpc) is 3.41. The van der Waals surface area contributed by atoms with Crippen LogP contribution in [-0.4, -0.2) is 43.1 Å². The van der Waals surface area contributed by atoms with E-state index in [1.807, 2.05) is 43.3 Å². The number of likely N-dealkylation sites (tertiary alicyclic amines) is 1. The number of allylic oxidation sites excluding steroid dienone is 1. The lowest BCUT2D eigenvalue weighted by atomic mass is 10.1. The van der Waals surface area contributed by atoms with Gasteiger partial charge in [-0.05, 0) is 73.8 Å². The van der Waals surface area contributed by atoms with Crippen molar-refractivity contribution in [2.24, 2.45) is 0 Å². The Morgan fingerprint density at radius 2 is 2.10 bits per heavy atom. The smallest absolute Gasteiger partial charge is 0.144 e. The molecule has 2 N–H and O–H groups in total. The Kier molecular flexibility index (Phi) is 9.89. The van der Waals surface area contributed by atoms with Crippen molar-refractivity contribution in [2.75, 3.05) is 30.8 Å². The molecule has 3 heterocycles. The number of aromatic nitrogens is 2. The second-order valence-electron chi connectivity index (χ2n) is 9.78. The summed E-state index contributed by atoms with van der Waals surface area (Å²) in [6, 6.07) is 17.2. The van der Waals surface area contributed by atoms with Crippen LogP contribution < -0.4 is 20.1 Å². The van der Waals surface area contributed by atoms with E-state index in [4.69, 9.17) is 21.1 Å². The minimum absolute atomic E-state index is 0.178. The van der Waals surface area contributed by atoms with Crippen molar-refractivity contribution in [1.29, 1.82) is 5.26 Å². The van der Waals surface area contributed by atoms with E-state index in [9.17, 15) is 5.26 Å². The zero-order valence-corrected chi connectivity index (χ0v) is 26.4. The van der Waals surface area contributed by atoms with Crippen LogP contribution in [0.2, 0.25) is 5.02 Å². The molecule has 4 aromatic rings. The summed E-state index contributed by atoms with van der Waals surface area (Å²) in [4.78, 5) is 11.3. The summed E-state index contributed by atoms with van der Waals surface area (Å²) in [6.45, 7) is 8.19. The van der Waals surface area contributed by atoms with Crippen molar-refractivity contribution in [1.82, 2.24) is 14.9 Å². The average molecular weight is 695 g/mol. The van der Waals surface area contributed by atoms with E-state index in [-0.39, 0.29) is 20.7 Å². The van der Waals surface area contributed by atoms with Crippen molar-refractivity contribution in [3.05, 3.63) is 89.5 Å². The summed E-state index contributed by atoms with van der Waals surface area (Å²) in [5.41, 5.74) is 4.86. The third-order valence-electron chi connectivity index (χ3n) is 6.76. The number of benzene rings is 2. The van der Waals surface area contributed by atoms with Gasteiger partial charge in [-0.1, -0.05) is 24.2 Å². The van der Waals surface area contributed by atoms with Gasteiger partial charge in [-0.3, -0.25) is 14.9 Å². The molecule has 0 spiro atoms. The first-order valence-electron chi connectivity index (χ1n) is 13.7. The summed E-state index contributed by atoms with van der Waals surface area (Å²) in [5.74, 6) is 1.22. The molecule has 0 saturated carbocycles. The molecule has 216 valence electrons. The van der Waals surface area contributed by atoms with Gasteiger partial charge in [0.05, 0.1) is 43.8 Å². The van der Waals surface area contributed by atoms with Gasteiger partial charge in [-0.25, -0.2) is 0 Å². The summed E-state index contributed by atoms with van der Waals surface area (Å²) in [6.07, 6.45) is 5.79. The first-order valence-corrected chi connectivity index (χ1v) is 16.5. The lowest BCUT2D eigenvalue weighted by Gasteiger charge is -2.18. The molecule has 5 rings (SSSR count). The molecule has 1 fully saturated rings. The number of ether oxygens (including phenoxy) is 2. The van der Waals surface area contributed by atoms with Gasteiger partial charge in [-0.15, -0.1) is 20.7 Å². The SMILES string of the molecule is C=C(C=I[C@H]1CCCN1C)Nc1cc2c(Nc3ccc(OCc4ccccn4)c(Cl)c3)c(C#N)cnc2cc1OCC. The third-order valence-corrected chi connectivity index (χ3v) is 10.6. The number of hydrogen-bond donors (Lipinski definition) is 2. The molecule has 42 heavy (non-hydrogen) atoms. The van der Waals surface area contributed by atoms with Crippen LogP contribution in [0.5, 0.6) is 11.5 Å². The van der Waals surface area contributed by atoms with Crippen molar-refractivity contribution in [3.63, 3.8) is 0 Å². The van der Waals surface area contributed by atoms with Crippen molar-refractivity contribution in [3.8, 4) is 17.6 Å². The van der Waals surface area contributed by atoms with Gasteiger partial charge >= 0.3 is 0 Å². The van der Waals surface area contributed by atoms with Crippen LogP contribution in [0.3, 0.4) is 0 Å². The summed E-state index contributed by atoms with van der Waals surface area (Å²) < 4.78 is 14.7. The highest BCUT2D eigenvalue weighted by atomic mass is 127. The standard InChI is InChI=1S/C32H32ClIN6O2/c1-4-41-30-16-27-25(15-28(30)38-21(2)17-34-31-9-7-13-40(31)3)32(22(18-35)19-37-27)39-23-10-11-29(26(33)14-23)42-20-24-8-5-6-12-36-24/h5-6,8,10-12,14-17,19,31,38H,2,4,7,9,13,20H2,1,3H3,(H,37,39)/t31-/m1/s1. The Morgan fingerprint density at radius 3 is 2.81 bits per heavy atom. The van der Waals surface area contributed by atoms with Crippen LogP contribution in [0.15, 0.2) is 73.2 Å². The Balaban J connectivity index is 1.42. The van der Waals surface area contributed by atoms with Gasteiger partial charge in [0.25, 0.3) is 0 Å². The molecule has 1 aliphatic rings. The number of rotatable bonds is 11. The Morgan fingerprint density at radius 1 is 1.21 bits per heavy atom. The van der Waals surface area contributed by atoms with E-state index in [0.717, 1.165) is 29.0 Å². The van der Waals surface area contributed by atoms with E-state index in [2.05, 4.69) is 49.2 Å². The van der Waals surface area contributed by atoms with Crippen LogP contribution in [0.25, 0.3) is 10.9 Å². The zero-order chi connectivity index (χ0) is 29.5. The Hall–Kier alpha value is -3.72. The maximum absolute atomic E-state index is 9.94. The molecule has 0 amide bonds. The fourth-order valence-electron chi connectivity index (χ4n) is 4.66. The van der Waals surface area contributed by atoms with Gasteiger partial charge in [0.2, 0.25) is 0 Å². The molecule has 1 aliphatic heterocycles. The predicted molar refractivity (Wildman–Crippen MR) is 179 cm³/mol. The van der Waals surface area contributed by atoms with Crippen molar-refractivity contribution < 1.29 is 9.47 Å². The number of alkyl halides is 1. The highest BCUT2D eigenvalue weighted by molar-refractivity contribution is 14.2. The fraction of sp³-hybridized carbons (Fsp3) is 0.250. The van der Waals surface area contributed by atoms with E-state index in [1.54, 1.807) is 24.5 Å². The number of anilines is 3. The molecule has 1 saturated heterocycles. The van der Waals surface area contributed by atoms with E-state index >= 15 is 0 Å². The van der Waals surface area contributed by atoms with Crippen LogP contribution in [0, 0.1) is 11.3 Å². The molecule has 1 atom stereocenters. The molecule has 2 aromatic carbocycles. The quantitative estimate of drug-likeness (QED) is 0.0941. The number of nitrogens with one attached hydrogen (secondary N) is 2. The molecule has 10 heteroatoms. The van der Waals surface area contributed by atoms with Crippen molar-refractivity contribution in [2.45, 2.75) is 30.4 Å². The van der Waals surface area contributed by atoms with E-state index in [1.165, 1.54) is 12.8 Å². The van der Waals surface area contributed by atoms with Gasteiger partial charge in [-0.2, -0.15) is 5.26 Å². The largest absolute Gasteiger partial charge is 0.492 e. The second kappa shape index (κ2) is 14.0. The number of hydrogen-bond acceptors (Lipinski definition) is 8. The molecule has 0 aliphatic carbocycles. The Labute approximate surface area is 261 Å². The summed E-state index contributed by atoms with van der Waals surface area (Å²) >= 11 is 6.40. The summed E-state index contributed by atoms with van der Waals surface area (Å²) in [5, 5.41) is 18.0. The maximum atomic E-state index is 9.94. The molecule has 2 aromatic heterocycles. The van der Waals surface area contributed by atoms with E-state index < -0.39 is 0 Å². The van der Waals surface area contributed by atoms with Crippen LogP contribution >= 0.6 is 32.3 Å². The normalized spacial score (nSPS) is 15.2. The Bertz CT molecular complexity index is 1660. The lowest BCUT2D eigenvalue weighted by Crippen LogP contribution is -2.19. The lowest BCUT2D eigenvalue weighted by molar-refractivity contribution is 0.301. The first kappa shape index (κ1) is 29.8. The molecular weight excluding hydrogens is 663 g/mol. The molecule has 0 unspecified atom stereocenters. The predicted octanol–water partition coefficient (Wildman–Crippen LogP) is 7.63. The maximum Gasteiger partial charge on any atom is 0.144 e. The second-order valence-corrected chi connectivity index (χ2v) is 13.0. The molecular formula is C32H32ClIN6O2. The highest BCUT2D eigenvalue weighted by Gasteiger charge is 2.19.